The van der Waals surface area contributed by atoms with Crippen LogP contribution in [0.4, 0.5) is 11.5 Å². The first-order chi connectivity index (χ1) is 16.5. The fourth-order valence-corrected chi connectivity index (χ4v) is 4.92. The van der Waals surface area contributed by atoms with Gasteiger partial charge in [0.1, 0.15) is 33.7 Å². The Labute approximate surface area is 210 Å². The van der Waals surface area contributed by atoms with Crippen LogP contribution in [0.5, 0.6) is 11.5 Å². The number of carbonyl (C=O) groups excluding carboxylic acids is 1. The third-order valence-corrected chi connectivity index (χ3v) is 6.83. The number of anilines is 2. The number of halogens is 2. The highest BCUT2D eigenvalue weighted by molar-refractivity contribution is 7.18. The number of methoxy groups -OCH3 is 2. The SMILES string of the molecule is COc1cc(OC)c(Cl)c(NC(=O)c2csc3c(NCCCCn4ccnc4)ncnc23)c1Cl. The normalized spacial score (nSPS) is 10.9. The van der Waals surface area contributed by atoms with Gasteiger partial charge in [0.05, 0.1) is 42.0 Å². The molecule has 4 aromatic rings. The molecule has 0 unspecified atom stereocenters. The van der Waals surface area contributed by atoms with Gasteiger partial charge in [-0.2, -0.15) is 0 Å². The van der Waals surface area contributed by atoms with E-state index in [1.54, 1.807) is 17.6 Å². The highest BCUT2D eigenvalue weighted by Gasteiger charge is 2.22. The van der Waals surface area contributed by atoms with E-state index in [4.69, 9.17) is 32.7 Å². The Morgan fingerprint density at radius 3 is 2.59 bits per heavy atom. The molecular formula is C22H22Cl2N6O3S. The third kappa shape index (κ3) is 5.03. The number of rotatable bonds is 10. The van der Waals surface area contributed by atoms with Crippen molar-refractivity contribution in [2.24, 2.45) is 0 Å². The van der Waals surface area contributed by atoms with Gasteiger partial charge in [-0.15, -0.1) is 11.3 Å². The number of unbranched alkanes of at least 4 members (excludes halogenated alkanes) is 1. The molecule has 2 N–H and O–H groups in total. The van der Waals surface area contributed by atoms with Crippen LogP contribution in [0.1, 0.15) is 23.2 Å². The summed E-state index contributed by atoms with van der Waals surface area (Å²) in [5.41, 5.74) is 1.13. The first-order valence-electron chi connectivity index (χ1n) is 10.4. The van der Waals surface area contributed by atoms with Crippen molar-refractivity contribution < 1.29 is 14.3 Å². The standard InChI is InChI=1S/C22H22Cl2N6O3S/c1-32-14-9-15(33-2)17(24)19(16(14)23)29-22(31)13-10-34-20-18(13)27-11-28-21(20)26-5-3-4-7-30-8-6-25-12-30/h6,8-12H,3-5,7H2,1-2H3,(H,29,31)(H,26,27,28). The number of aryl methyl sites for hydroxylation is 1. The lowest BCUT2D eigenvalue weighted by atomic mass is 10.2. The van der Waals surface area contributed by atoms with Crippen molar-refractivity contribution in [3.8, 4) is 11.5 Å². The minimum absolute atomic E-state index is 0.175. The van der Waals surface area contributed by atoms with Crippen LogP contribution >= 0.6 is 34.5 Å². The minimum atomic E-state index is -0.407. The Balaban J connectivity index is 1.48. The lowest BCUT2D eigenvalue weighted by molar-refractivity contribution is 0.102. The zero-order valence-electron chi connectivity index (χ0n) is 18.5. The lowest BCUT2D eigenvalue weighted by Crippen LogP contribution is -2.13. The van der Waals surface area contributed by atoms with E-state index in [1.807, 2.05) is 17.1 Å². The van der Waals surface area contributed by atoms with Crippen molar-refractivity contribution >= 4 is 62.2 Å². The van der Waals surface area contributed by atoms with E-state index in [2.05, 4.69) is 25.6 Å². The predicted octanol–water partition coefficient (Wildman–Crippen LogP) is 5.36. The van der Waals surface area contributed by atoms with Gasteiger partial charge in [0, 0.05) is 36.9 Å². The van der Waals surface area contributed by atoms with Gasteiger partial charge >= 0.3 is 0 Å². The zero-order chi connectivity index (χ0) is 24.1. The molecule has 4 rings (SSSR count). The molecule has 0 saturated carbocycles. The number of hydrogen-bond donors (Lipinski definition) is 2. The van der Waals surface area contributed by atoms with Crippen molar-refractivity contribution in [2.75, 3.05) is 31.4 Å². The second-order valence-electron chi connectivity index (χ2n) is 7.22. The molecule has 3 aromatic heterocycles. The van der Waals surface area contributed by atoms with Crippen LogP contribution in [0.2, 0.25) is 10.0 Å². The Kier molecular flexibility index (Phi) is 7.71. The number of nitrogens with one attached hydrogen (secondary N) is 2. The molecule has 9 nitrogen and oxygen atoms in total. The molecule has 34 heavy (non-hydrogen) atoms. The highest BCUT2D eigenvalue weighted by atomic mass is 35.5. The van der Waals surface area contributed by atoms with Crippen LogP contribution in [0.25, 0.3) is 10.2 Å². The summed E-state index contributed by atoms with van der Waals surface area (Å²) in [5, 5.41) is 8.20. The van der Waals surface area contributed by atoms with Gasteiger partial charge in [-0.3, -0.25) is 4.79 Å². The van der Waals surface area contributed by atoms with E-state index in [9.17, 15) is 4.79 Å². The molecule has 0 aliphatic heterocycles. The molecule has 0 bridgehead atoms. The van der Waals surface area contributed by atoms with Crippen LogP contribution in [0.3, 0.4) is 0 Å². The van der Waals surface area contributed by atoms with Gasteiger partial charge < -0.3 is 24.7 Å². The summed E-state index contributed by atoms with van der Waals surface area (Å²) in [7, 11) is 2.94. The Hall–Kier alpha value is -3.08. The Bertz CT molecular complexity index is 1270. The molecule has 0 aliphatic carbocycles. The smallest absolute Gasteiger partial charge is 0.258 e. The van der Waals surface area contributed by atoms with E-state index in [0.29, 0.717) is 28.4 Å². The van der Waals surface area contributed by atoms with Crippen molar-refractivity contribution in [3.05, 3.63) is 52.1 Å². The van der Waals surface area contributed by atoms with Gasteiger partial charge in [0.25, 0.3) is 5.91 Å². The topological polar surface area (TPSA) is 103 Å². The second-order valence-corrected chi connectivity index (χ2v) is 8.86. The molecule has 0 fully saturated rings. The van der Waals surface area contributed by atoms with Gasteiger partial charge in [-0.1, -0.05) is 23.2 Å². The van der Waals surface area contributed by atoms with Crippen LogP contribution in [0, 0.1) is 0 Å². The molecule has 0 atom stereocenters. The van der Waals surface area contributed by atoms with E-state index in [0.717, 1.165) is 30.6 Å². The molecule has 1 amide bonds. The molecule has 0 saturated heterocycles. The van der Waals surface area contributed by atoms with Crippen molar-refractivity contribution in [2.45, 2.75) is 19.4 Å². The summed E-state index contributed by atoms with van der Waals surface area (Å²) in [6, 6.07) is 1.56. The van der Waals surface area contributed by atoms with Crippen LogP contribution in [-0.4, -0.2) is 46.2 Å². The Morgan fingerprint density at radius 2 is 1.91 bits per heavy atom. The zero-order valence-corrected chi connectivity index (χ0v) is 20.8. The molecule has 0 radical (unpaired) electrons. The van der Waals surface area contributed by atoms with Crippen molar-refractivity contribution in [1.29, 1.82) is 0 Å². The maximum Gasteiger partial charge on any atom is 0.258 e. The largest absolute Gasteiger partial charge is 0.495 e. The highest BCUT2D eigenvalue weighted by Crippen LogP contribution is 2.44. The van der Waals surface area contributed by atoms with Crippen molar-refractivity contribution in [1.82, 2.24) is 19.5 Å². The fourth-order valence-electron chi connectivity index (χ4n) is 3.36. The molecule has 1 aromatic carbocycles. The number of nitrogens with zero attached hydrogens (tertiary/aromatic N) is 4. The van der Waals surface area contributed by atoms with E-state index in [-0.39, 0.29) is 15.7 Å². The molecule has 12 heteroatoms. The summed E-state index contributed by atoms with van der Waals surface area (Å²) < 4.78 is 13.4. The van der Waals surface area contributed by atoms with Crippen LogP contribution < -0.4 is 20.1 Å². The molecule has 178 valence electrons. The van der Waals surface area contributed by atoms with Gasteiger partial charge in [0.2, 0.25) is 0 Å². The maximum atomic E-state index is 13.1. The predicted molar refractivity (Wildman–Crippen MR) is 135 cm³/mol. The average Bonchev–Trinajstić information content (AvgIpc) is 3.52. The number of benzene rings is 1. The number of carbonyl (C=O) groups is 1. The van der Waals surface area contributed by atoms with E-state index >= 15 is 0 Å². The first kappa shape index (κ1) is 24.1. The fraction of sp³-hybridized carbons (Fsp3) is 0.273. The summed E-state index contributed by atoms with van der Waals surface area (Å²) in [4.78, 5) is 25.8. The lowest BCUT2D eigenvalue weighted by Gasteiger charge is -2.15. The van der Waals surface area contributed by atoms with E-state index in [1.165, 1.54) is 31.9 Å². The maximum absolute atomic E-state index is 13.1. The first-order valence-corrected chi connectivity index (χ1v) is 12.0. The average molecular weight is 521 g/mol. The summed E-state index contributed by atoms with van der Waals surface area (Å²) in [6.07, 6.45) is 8.92. The van der Waals surface area contributed by atoms with Gasteiger partial charge in [-0.05, 0) is 12.8 Å². The number of thiophene rings is 1. The molecule has 0 aliphatic rings. The van der Waals surface area contributed by atoms with Crippen LogP contribution in [-0.2, 0) is 6.54 Å². The summed E-state index contributed by atoms with van der Waals surface area (Å²) in [6.45, 7) is 1.65. The number of aromatic nitrogens is 4. The van der Waals surface area contributed by atoms with E-state index < -0.39 is 5.91 Å². The van der Waals surface area contributed by atoms with Crippen LogP contribution in [0.15, 0.2) is 36.5 Å². The summed E-state index contributed by atoms with van der Waals surface area (Å²) in [5.74, 6) is 0.941. The number of hydrogen-bond acceptors (Lipinski definition) is 8. The van der Waals surface area contributed by atoms with Crippen molar-refractivity contribution in [3.63, 3.8) is 0 Å². The number of ether oxygens (including phenoxy) is 2. The third-order valence-electron chi connectivity index (χ3n) is 5.11. The molecule has 3 heterocycles. The monoisotopic (exact) mass is 520 g/mol. The quantitative estimate of drug-likeness (QED) is 0.271. The number of fused-ring (bicyclic) bond motifs is 1. The second kappa shape index (κ2) is 10.9. The molecular weight excluding hydrogens is 499 g/mol. The number of imidazole rings is 1. The van der Waals surface area contributed by atoms with Gasteiger partial charge in [-0.25, -0.2) is 15.0 Å². The summed E-state index contributed by atoms with van der Waals surface area (Å²) >= 11 is 14.2. The van der Waals surface area contributed by atoms with Gasteiger partial charge in [0.15, 0.2) is 0 Å². The number of amides is 1. The minimum Gasteiger partial charge on any atom is -0.495 e. The Morgan fingerprint density at radius 1 is 1.15 bits per heavy atom. The molecule has 0 spiro atoms.